The van der Waals surface area contributed by atoms with Gasteiger partial charge in [-0.15, -0.1) is 0 Å². The summed E-state index contributed by atoms with van der Waals surface area (Å²) in [5, 5.41) is 0.404. The summed E-state index contributed by atoms with van der Waals surface area (Å²) in [6.07, 6.45) is 0. The summed E-state index contributed by atoms with van der Waals surface area (Å²) < 4.78 is 4.51. The van der Waals surface area contributed by atoms with Gasteiger partial charge in [-0.05, 0) is 0 Å². The molecule has 0 bridgehead atoms. The zero-order chi connectivity index (χ0) is 12.1. The molecule has 0 aliphatic heterocycles. The van der Waals surface area contributed by atoms with Gasteiger partial charge in [-0.2, -0.15) is 15.0 Å². The van der Waals surface area contributed by atoms with Crippen molar-refractivity contribution >= 4 is 29.6 Å². The Balaban J connectivity index is 2.76. The third-order valence-electron chi connectivity index (χ3n) is 1.57. The first-order valence-corrected chi connectivity index (χ1v) is 5.40. The molecule has 1 aromatic heterocycles. The van der Waals surface area contributed by atoms with Crippen molar-refractivity contribution in [3.8, 4) is 0 Å². The second kappa shape index (κ2) is 5.50. The highest BCUT2D eigenvalue weighted by molar-refractivity contribution is 7.99. The minimum absolute atomic E-state index is 0.131. The van der Waals surface area contributed by atoms with Gasteiger partial charge in [0.15, 0.2) is 5.16 Å². The number of nitrogens with zero attached hydrogens (tertiary/aromatic N) is 4. The van der Waals surface area contributed by atoms with Gasteiger partial charge >= 0.3 is 5.97 Å². The number of hydrogen-bond donors (Lipinski definition) is 1. The number of aromatic nitrogens is 3. The Morgan fingerprint density at radius 2 is 2.12 bits per heavy atom. The lowest BCUT2D eigenvalue weighted by molar-refractivity contribution is -0.137. The zero-order valence-corrected chi connectivity index (χ0v) is 10.1. The molecule has 0 aromatic carbocycles. The summed E-state index contributed by atoms with van der Waals surface area (Å²) in [5.41, 5.74) is 5.52. The van der Waals surface area contributed by atoms with Gasteiger partial charge in [-0.3, -0.25) is 4.79 Å². The lowest BCUT2D eigenvalue weighted by Gasteiger charge is -2.10. The molecule has 0 spiro atoms. The minimum atomic E-state index is -0.338. The maximum atomic E-state index is 10.9. The molecule has 0 radical (unpaired) electrons. The van der Waals surface area contributed by atoms with Crippen molar-refractivity contribution in [2.75, 3.05) is 37.6 Å². The summed E-state index contributed by atoms with van der Waals surface area (Å²) >= 11 is 1.16. The predicted molar refractivity (Wildman–Crippen MR) is 61.3 cm³/mol. The number of nitrogen functional groups attached to an aromatic ring is 1. The van der Waals surface area contributed by atoms with E-state index >= 15 is 0 Å². The van der Waals surface area contributed by atoms with E-state index in [0.717, 1.165) is 11.8 Å². The van der Waals surface area contributed by atoms with Gasteiger partial charge in [0.1, 0.15) is 0 Å². The Morgan fingerprint density at radius 1 is 1.44 bits per heavy atom. The molecule has 0 amide bonds. The number of nitrogens with two attached hydrogens (primary N) is 1. The number of thioether (sulfide) groups is 1. The molecule has 0 aliphatic rings. The molecular weight excluding hydrogens is 230 g/mol. The highest BCUT2D eigenvalue weighted by Crippen LogP contribution is 2.16. The van der Waals surface area contributed by atoms with Gasteiger partial charge in [0.2, 0.25) is 11.9 Å². The van der Waals surface area contributed by atoms with E-state index in [9.17, 15) is 4.79 Å². The van der Waals surface area contributed by atoms with Crippen molar-refractivity contribution in [1.82, 2.24) is 15.0 Å². The van der Waals surface area contributed by atoms with Crippen LogP contribution in [0.25, 0.3) is 0 Å². The Hall–Kier alpha value is -1.57. The molecule has 1 rings (SSSR count). The van der Waals surface area contributed by atoms with Crippen LogP contribution in [0.4, 0.5) is 11.9 Å². The number of ether oxygens (including phenoxy) is 1. The van der Waals surface area contributed by atoms with Crippen LogP contribution >= 0.6 is 11.8 Å². The third-order valence-corrected chi connectivity index (χ3v) is 2.39. The SMILES string of the molecule is COC(=O)CSc1nc(N)nc(N(C)C)n1. The van der Waals surface area contributed by atoms with Crippen molar-refractivity contribution in [2.24, 2.45) is 0 Å². The summed E-state index contributed by atoms with van der Waals surface area (Å²) in [4.78, 5) is 24.6. The molecule has 0 unspecified atom stereocenters. The van der Waals surface area contributed by atoms with Gasteiger partial charge < -0.3 is 15.4 Å². The largest absolute Gasteiger partial charge is 0.468 e. The summed E-state index contributed by atoms with van der Waals surface area (Å²) in [7, 11) is 4.92. The van der Waals surface area contributed by atoms with Crippen LogP contribution < -0.4 is 10.6 Å². The van der Waals surface area contributed by atoms with E-state index in [1.165, 1.54) is 7.11 Å². The number of anilines is 2. The standard InChI is InChI=1S/C8H13N5O2S/c1-13(2)7-10-6(9)11-8(12-7)16-4-5(14)15-3/h4H2,1-3H3,(H2,9,10,11,12). The maximum Gasteiger partial charge on any atom is 0.316 e. The van der Waals surface area contributed by atoms with Gasteiger partial charge in [0, 0.05) is 14.1 Å². The number of carbonyl (C=O) groups is 1. The molecule has 1 aromatic rings. The smallest absolute Gasteiger partial charge is 0.316 e. The first-order valence-electron chi connectivity index (χ1n) is 4.41. The molecule has 8 heteroatoms. The van der Waals surface area contributed by atoms with E-state index < -0.39 is 0 Å². The Morgan fingerprint density at radius 3 is 2.69 bits per heavy atom. The lowest BCUT2D eigenvalue weighted by Crippen LogP contribution is -2.15. The fourth-order valence-corrected chi connectivity index (χ4v) is 1.48. The van der Waals surface area contributed by atoms with Crippen LogP contribution in [0, 0.1) is 0 Å². The molecule has 16 heavy (non-hydrogen) atoms. The highest BCUT2D eigenvalue weighted by Gasteiger charge is 2.09. The Kier molecular flexibility index (Phi) is 4.29. The van der Waals surface area contributed by atoms with Crippen molar-refractivity contribution in [1.29, 1.82) is 0 Å². The minimum Gasteiger partial charge on any atom is -0.468 e. The van der Waals surface area contributed by atoms with E-state index in [2.05, 4.69) is 19.7 Å². The molecule has 88 valence electrons. The van der Waals surface area contributed by atoms with Crippen LogP contribution in [0.2, 0.25) is 0 Å². The molecular formula is C8H13N5O2S. The van der Waals surface area contributed by atoms with E-state index in [0.29, 0.717) is 11.1 Å². The van der Waals surface area contributed by atoms with Crippen LogP contribution in [0.3, 0.4) is 0 Å². The monoisotopic (exact) mass is 243 g/mol. The number of carbonyl (C=O) groups excluding carboxylic acids is 1. The van der Waals surface area contributed by atoms with Gasteiger partial charge in [0.25, 0.3) is 0 Å². The lowest BCUT2D eigenvalue weighted by atomic mass is 10.8. The second-order valence-corrected chi connectivity index (χ2v) is 3.98. The number of esters is 1. The van der Waals surface area contributed by atoms with Crippen LogP contribution in [0.1, 0.15) is 0 Å². The van der Waals surface area contributed by atoms with Gasteiger partial charge in [0.05, 0.1) is 12.9 Å². The van der Waals surface area contributed by atoms with E-state index in [4.69, 9.17) is 5.73 Å². The summed E-state index contributed by atoms with van der Waals surface area (Å²) in [5.74, 6) is 0.397. The van der Waals surface area contributed by atoms with Crippen molar-refractivity contribution in [3.05, 3.63) is 0 Å². The first kappa shape index (κ1) is 12.5. The highest BCUT2D eigenvalue weighted by atomic mass is 32.2. The summed E-state index contributed by atoms with van der Waals surface area (Å²) in [6, 6.07) is 0. The average Bonchev–Trinajstić information content (AvgIpc) is 2.25. The molecule has 7 nitrogen and oxygen atoms in total. The average molecular weight is 243 g/mol. The molecule has 1 heterocycles. The van der Waals surface area contributed by atoms with Crippen LogP contribution in [-0.4, -0.2) is 47.9 Å². The van der Waals surface area contributed by atoms with Crippen molar-refractivity contribution < 1.29 is 9.53 Å². The van der Waals surface area contributed by atoms with Crippen molar-refractivity contribution in [2.45, 2.75) is 5.16 Å². The topological polar surface area (TPSA) is 94.2 Å². The molecule has 0 saturated carbocycles. The zero-order valence-electron chi connectivity index (χ0n) is 9.30. The van der Waals surface area contributed by atoms with Crippen LogP contribution in [0.15, 0.2) is 5.16 Å². The van der Waals surface area contributed by atoms with Crippen LogP contribution in [0.5, 0.6) is 0 Å². The number of rotatable bonds is 4. The van der Waals surface area contributed by atoms with E-state index in [-0.39, 0.29) is 17.7 Å². The number of hydrogen-bond acceptors (Lipinski definition) is 8. The Labute approximate surface area is 97.4 Å². The number of methoxy groups -OCH3 is 1. The fraction of sp³-hybridized carbons (Fsp3) is 0.500. The van der Waals surface area contributed by atoms with E-state index in [1.54, 1.807) is 19.0 Å². The fourth-order valence-electron chi connectivity index (χ4n) is 0.808. The molecule has 0 atom stereocenters. The van der Waals surface area contributed by atoms with Crippen LogP contribution in [-0.2, 0) is 9.53 Å². The normalized spacial score (nSPS) is 9.94. The first-order chi connectivity index (χ1) is 7.52. The van der Waals surface area contributed by atoms with Gasteiger partial charge in [-0.25, -0.2) is 0 Å². The van der Waals surface area contributed by atoms with E-state index in [1.807, 2.05) is 0 Å². The van der Waals surface area contributed by atoms with Gasteiger partial charge in [-0.1, -0.05) is 11.8 Å². The molecule has 0 fully saturated rings. The predicted octanol–water partition coefficient (Wildman–Crippen LogP) is -0.215. The molecule has 2 N–H and O–H groups in total. The Bertz CT molecular complexity index is 385. The summed E-state index contributed by atoms with van der Waals surface area (Å²) in [6.45, 7) is 0. The second-order valence-electron chi connectivity index (χ2n) is 3.04. The quantitative estimate of drug-likeness (QED) is 0.573. The van der Waals surface area contributed by atoms with Crippen molar-refractivity contribution in [3.63, 3.8) is 0 Å². The molecule has 0 aliphatic carbocycles. The maximum absolute atomic E-state index is 10.9. The third kappa shape index (κ3) is 3.54. The molecule has 0 saturated heterocycles.